The van der Waals surface area contributed by atoms with Gasteiger partial charge in [-0.05, 0) is 69.3 Å². The average Bonchev–Trinajstić information content (AvgIpc) is 3.32. The van der Waals surface area contributed by atoms with Gasteiger partial charge in [0.05, 0.1) is 6.10 Å². The Bertz CT molecular complexity index is 784. The van der Waals surface area contributed by atoms with Gasteiger partial charge >= 0.3 is 0 Å². The molecule has 2 aliphatic heterocycles. The van der Waals surface area contributed by atoms with Gasteiger partial charge in [0.25, 0.3) is 5.91 Å². The molecule has 2 saturated heterocycles. The summed E-state index contributed by atoms with van der Waals surface area (Å²) in [6, 6.07) is 7.92. The van der Waals surface area contributed by atoms with Crippen molar-refractivity contribution in [3.8, 4) is 16.3 Å². The number of ether oxygens (including phenoxy) is 1. The molecule has 5 nitrogen and oxygen atoms in total. The lowest BCUT2D eigenvalue weighted by molar-refractivity contribution is 0.0603. The molecule has 0 aliphatic carbocycles. The summed E-state index contributed by atoms with van der Waals surface area (Å²) in [6.07, 6.45) is 3.59. The molecule has 2 fully saturated rings. The van der Waals surface area contributed by atoms with Crippen LogP contribution >= 0.6 is 11.3 Å². The Morgan fingerprint density at radius 2 is 1.96 bits per heavy atom. The lowest BCUT2D eigenvalue weighted by Gasteiger charge is -2.38. The van der Waals surface area contributed by atoms with E-state index >= 15 is 0 Å². The fourth-order valence-electron chi connectivity index (χ4n) is 4.02. The van der Waals surface area contributed by atoms with Gasteiger partial charge in [-0.2, -0.15) is 0 Å². The highest BCUT2D eigenvalue weighted by molar-refractivity contribution is 7.13. The van der Waals surface area contributed by atoms with Crippen LogP contribution < -0.4 is 10.1 Å². The number of thiazole rings is 1. The summed E-state index contributed by atoms with van der Waals surface area (Å²) >= 11 is 1.52. The first-order valence-electron chi connectivity index (χ1n) is 9.77. The largest absolute Gasteiger partial charge is 0.491 e. The van der Waals surface area contributed by atoms with E-state index in [4.69, 9.17) is 4.74 Å². The smallest absolute Gasteiger partial charge is 0.273 e. The van der Waals surface area contributed by atoms with Crippen LogP contribution in [0.4, 0.5) is 0 Å². The van der Waals surface area contributed by atoms with Crippen molar-refractivity contribution in [2.24, 2.45) is 5.41 Å². The summed E-state index contributed by atoms with van der Waals surface area (Å²) in [5.74, 6) is 0.920. The Morgan fingerprint density at radius 1 is 1.22 bits per heavy atom. The number of hydrogen-bond acceptors (Lipinski definition) is 5. The van der Waals surface area contributed by atoms with E-state index in [1.54, 1.807) is 0 Å². The molecule has 1 aromatic carbocycles. The van der Waals surface area contributed by atoms with Crippen molar-refractivity contribution in [2.45, 2.75) is 39.2 Å². The second kappa shape index (κ2) is 7.60. The molecule has 6 heteroatoms. The highest BCUT2D eigenvalue weighted by Crippen LogP contribution is 2.37. The lowest BCUT2D eigenvalue weighted by Crippen LogP contribution is -2.44. The maximum Gasteiger partial charge on any atom is 0.273 e. The van der Waals surface area contributed by atoms with Crippen LogP contribution in [-0.2, 0) is 0 Å². The Morgan fingerprint density at radius 3 is 2.59 bits per heavy atom. The third kappa shape index (κ3) is 4.01. The number of carbonyl (C=O) groups excluding carboxylic acids is 1. The number of benzene rings is 1. The van der Waals surface area contributed by atoms with Crippen LogP contribution in [0.25, 0.3) is 10.6 Å². The SMILES string of the molecule is CC(C)Oc1ccc(-c2nc(C(=O)N3CCC4(CCNC4)CC3)cs2)cc1. The van der Waals surface area contributed by atoms with E-state index in [0.717, 1.165) is 55.3 Å². The third-order valence-electron chi connectivity index (χ3n) is 5.64. The van der Waals surface area contributed by atoms with E-state index in [-0.39, 0.29) is 12.0 Å². The van der Waals surface area contributed by atoms with Crippen molar-refractivity contribution >= 4 is 17.2 Å². The first-order chi connectivity index (χ1) is 13.0. The maximum absolute atomic E-state index is 12.9. The van der Waals surface area contributed by atoms with Gasteiger partial charge in [-0.1, -0.05) is 0 Å². The van der Waals surface area contributed by atoms with Crippen LogP contribution in [0, 0.1) is 5.41 Å². The van der Waals surface area contributed by atoms with Gasteiger partial charge in [0.15, 0.2) is 0 Å². The van der Waals surface area contributed by atoms with Crippen LogP contribution in [0.15, 0.2) is 29.6 Å². The number of nitrogens with zero attached hydrogens (tertiary/aromatic N) is 2. The zero-order valence-electron chi connectivity index (χ0n) is 16.0. The molecule has 144 valence electrons. The standard InChI is InChI=1S/C21H27N3O2S/c1-15(2)26-17-5-3-16(4-6-17)19-23-18(13-27-19)20(25)24-11-8-21(9-12-24)7-10-22-14-21/h3-6,13,15,22H,7-12,14H2,1-2H3. The summed E-state index contributed by atoms with van der Waals surface area (Å²) in [5, 5.41) is 6.24. The first-order valence-corrected chi connectivity index (χ1v) is 10.7. The summed E-state index contributed by atoms with van der Waals surface area (Å²) in [5.41, 5.74) is 2.01. The van der Waals surface area contributed by atoms with Crippen LogP contribution in [0.2, 0.25) is 0 Å². The molecule has 4 rings (SSSR count). The average molecular weight is 386 g/mol. The Labute approximate surface area is 164 Å². The number of carbonyl (C=O) groups is 1. The molecule has 2 aliphatic rings. The van der Waals surface area contributed by atoms with Gasteiger partial charge in [0.2, 0.25) is 0 Å². The molecule has 2 aromatic rings. The fraction of sp³-hybridized carbons (Fsp3) is 0.524. The predicted molar refractivity (Wildman–Crippen MR) is 108 cm³/mol. The number of aromatic nitrogens is 1. The van der Waals surface area contributed by atoms with Crippen LogP contribution in [-0.4, -0.2) is 48.1 Å². The highest BCUT2D eigenvalue weighted by Gasteiger charge is 2.38. The van der Waals surface area contributed by atoms with Gasteiger partial charge < -0.3 is 15.0 Å². The van der Waals surface area contributed by atoms with Crippen molar-refractivity contribution < 1.29 is 9.53 Å². The van der Waals surface area contributed by atoms with E-state index in [9.17, 15) is 4.79 Å². The van der Waals surface area contributed by atoms with Crippen LogP contribution in [0.1, 0.15) is 43.6 Å². The third-order valence-corrected chi connectivity index (χ3v) is 6.53. The van der Waals surface area contributed by atoms with Gasteiger partial charge in [-0.25, -0.2) is 4.98 Å². The van der Waals surface area contributed by atoms with Crippen molar-refractivity contribution in [1.82, 2.24) is 15.2 Å². The quantitative estimate of drug-likeness (QED) is 0.869. The number of hydrogen-bond donors (Lipinski definition) is 1. The van der Waals surface area contributed by atoms with E-state index in [2.05, 4.69) is 10.3 Å². The summed E-state index contributed by atoms with van der Waals surface area (Å²) < 4.78 is 5.69. The molecular formula is C21H27N3O2S. The van der Waals surface area contributed by atoms with Crippen LogP contribution in [0.3, 0.4) is 0 Å². The number of rotatable bonds is 4. The van der Waals surface area contributed by atoms with Crippen molar-refractivity contribution in [3.63, 3.8) is 0 Å². The second-order valence-corrected chi connectivity index (χ2v) is 8.81. The summed E-state index contributed by atoms with van der Waals surface area (Å²) in [4.78, 5) is 19.4. The molecule has 3 heterocycles. The second-order valence-electron chi connectivity index (χ2n) is 7.95. The van der Waals surface area contributed by atoms with E-state index in [0.29, 0.717) is 11.1 Å². The Hall–Kier alpha value is -1.92. The molecule has 27 heavy (non-hydrogen) atoms. The molecule has 0 radical (unpaired) electrons. The number of piperidine rings is 1. The molecule has 0 atom stereocenters. The van der Waals surface area contributed by atoms with Gasteiger partial charge in [-0.15, -0.1) is 11.3 Å². The van der Waals surface area contributed by atoms with E-state index < -0.39 is 0 Å². The maximum atomic E-state index is 12.9. The molecular weight excluding hydrogens is 358 g/mol. The molecule has 1 amide bonds. The van der Waals surface area contributed by atoms with E-state index in [1.165, 1.54) is 17.8 Å². The molecule has 1 N–H and O–H groups in total. The molecule has 0 saturated carbocycles. The van der Waals surface area contributed by atoms with Gasteiger partial charge in [0, 0.05) is 30.6 Å². The minimum Gasteiger partial charge on any atom is -0.491 e. The molecule has 1 aromatic heterocycles. The minimum absolute atomic E-state index is 0.0677. The molecule has 0 unspecified atom stereocenters. The Balaban J connectivity index is 1.41. The summed E-state index contributed by atoms with van der Waals surface area (Å²) in [7, 11) is 0. The number of likely N-dealkylation sites (tertiary alicyclic amines) is 1. The topological polar surface area (TPSA) is 54.5 Å². The number of amides is 1. The minimum atomic E-state index is 0.0677. The van der Waals surface area contributed by atoms with Gasteiger partial charge in [0.1, 0.15) is 16.5 Å². The van der Waals surface area contributed by atoms with Crippen molar-refractivity contribution in [3.05, 3.63) is 35.3 Å². The number of nitrogens with one attached hydrogen (secondary N) is 1. The zero-order valence-corrected chi connectivity index (χ0v) is 16.8. The fourth-order valence-corrected chi connectivity index (χ4v) is 4.82. The normalized spacial score (nSPS) is 19.0. The molecule has 0 bridgehead atoms. The molecule has 1 spiro atoms. The zero-order chi connectivity index (χ0) is 18.9. The first kappa shape index (κ1) is 18.4. The lowest BCUT2D eigenvalue weighted by atomic mass is 9.78. The highest BCUT2D eigenvalue weighted by atomic mass is 32.1. The monoisotopic (exact) mass is 385 g/mol. The van der Waals surface area contributed by atoms with Crippen molar-refractivity contribution in [2.75, 3.05) is 26.2 Å². The summed E-state index contributed by atoms with van der Waals surface area (Å²) in [6.45, 7) is 7.93. The van der Waals surface area contributed by atoms with Crippen molar-refractivity contribution in [1.29, 1.82) is 0 Å². The van der Waals surface area contributed by atoms with Crippen LogP contribution in [0.5, 0.6) is 5.75 Å². The predicted octanol–water partition coefficient (Wildman–Crippen LogP) is 3.81. The van der Waals surface area contributed by atoms with E-state index in [1.807, 2.05) is 48.4 Å². The van der Waals surface area contributed by atoms with Gasteiger partial charge in [-0.3, -0.25) is 4.79 Å². The Kier molecular flexibility index (Phi) is 5.19.